The molecule has 6 heteroatoms. The molecule has 0 aliphatic heterocycles. The molecule has 0 bridgehead atoms. The summed E-state index contributed by atoms with van der Waals surface area (Å²) in [6, 6.07) is 13.6. The average Bonchev–Trinajstić information content (AvgIpc) is 2.64. The second-order valence-electron chi connectivity index (χ2n) is 7.41. The number of aromatic nitrogens is 1. The fourth-order valence-electron chi connectivity index (χ4n) is 4.02. The highest BCUT2D eigenvalue weighted by atomic mass is 16.6. The first-order valence-corrected chi connectivity index (χ1v) is 9.15. The van der Waals surface area contributed by atoms with E-state index < -0.39 is 0 Å². The Morgan fingerprint density at radius 1 is 1.19 bits per heavy atom. The van der Waals surface area contributed by atoms with E-state index in [1.54, 1.807) is 12.3 Å². The maximum atomic E-state index is 11.9. The van der Waals surface area contributed by atoms with E-state index in [0.717, 1.165) is 31.2 Å². The molecule has 27 heavy (non-hydrogen) atoms. The summed E-state index contributed by atoms with van der Waals surface area (Å²) in [4.78, 5) is 15.9. The van der Waals surface area contributed by atoms with Crippen molar-refractivity contribution in [3.63, 3.8) is 0 Å². The summed E-state index contributed by atoms with van der Waals surface area (Å²) in [6.45, 7) is 0.473. The van der Waals surface area contributed by atoms with Crippen molar-refractivity contribution in [3.05, 3.63) is 59.9 Å². The summed E-state index contributed by atoms with van der Waals surface area (Å²) in [5, 5.41) is 11.9. The molecule has 1 spiro atoms. The number of rotatable bonds is 5. The lowest BCUT2D eigenvalue weighted by Crippen LogP contribution is -2.55. The Bertz CT molecular complexity index is 848. The standard InChI is InChI=1S/C21H21N3O3/c22-12-16-14-23-7-6-19(16)26-17-8-21(9-17)10-18(11-21)27-20(25)24-13-15-4-2-1-3-5-15/h1-7,14,17-18H,8-11,13H2,(H,24,25). The van der Waals surface area contributed by atoms with Crippen molar-refractivity contribution < 1.29 is 14.3 Å². The van der Waals surface area contributed by atoms with Crippen LogP contribution in [0.15, 0.2) is 48.8 Å². The molecular formula is C21H21N3O3. The lowest BCUT2D eigenvalue weighted by Gasteiger charge is -2.56. The Morgan fingerprint density at radius 2 is 1.93 bits per heavy atom. The molecule has 1 aromatic heterocycles. The van der Waals surface area contributed by atoms with Crippen LogP contribution in [-0.4, -0.2) is 23.3 Å². The topological polar surface area (TPSA) is 84.2 Å². The summed E-state index contributed by atoms with van der Waals surface area (Å²) < 4.78 is 11.4. The normalized spacial score (nSPS) is 25.6. The van der Waals surface area contributed by atoms with E-state index in [0.29, 0.717) is 17.9 Å². The third-order valence-electron chi connectivity index (χ3n) is 5.39. The van der Waals surface area contributed by atoms with Crippen molar-refractivity contribution in [2.45, 2.75) is 44.4 Å². The van der Waals surface area contributed by atoms with Crippen LogP contribution < -0.4 is 10.1 Å². The number of carbonyl (C=O) groups excluding carboxylic acids is 1. The number of nitrogens with one attached hydrogen (secondary N) is 1. The predicted molar refractivity (Wildman–Crippen MR) is 97.8 cm³/mol. The van der Waals surface area contributed by atoms with E-state index in [1.165, 1.54) is 6.20 Å². The molecule has 2 aliphatic carbocycles. The number of ether oxygens (including phenoxy) is 2. The zero-order valence-electron chi connectivity index (χ0n) is 14.9. The summed E-state index contributed by atoms with van der Waals surface area (Å²) in [5.74, 6) is 0.597. The largest absolute Gasteiger partial charge is 0.489 e. The van der Waals surface area contributed by atoms with Crippen molar-refractivity contribution >= 4 is 6.09 Å². The van der Waals surface area contributed by atoms with E-state index in [2.05, 4.69) is 16.4 Å². The van der Waals surface area contributed by atoms with Crippen LogP contribution in [0.3, 0.4) is 0 Å². The number of nitriles is 1. The highest BCUT2D eigenvalue weighted by Gasteiger charge is 2.55. The molecule has 138 valence electrons. The Kier molecular flexibility index (Phi) is 4.68. The minimum atomic E-state index is -0.360. The van der Waals surface area contributed by atoms with Gasteiger partial charge in [0.15, 0.2) is 0 Å². The second kappa shape index (κ2) is 7.28. The van der Waals surface area contributed by atoms with Gasteiger partial charge in [-0.25, -0.2) is 4.79 Å². The second-order valence-corrected chi connectivity index (χ2v) is 7.41. The molecule has 1 heterocycles. The van der Waals surface area contributed by atoms with Crippen molar-refractivity contribution in [1.29, 1.82) is 5.26 Å². The van der Waals surface area contributed by atoms with Crippen LogP contribution in [0.5, 0.6) is 5.75 Å². The minimum Gasteiger partial charge on any atom is -0.489 e. The highest BCUT2D eigenvalue weighted by molar-refractivity contribution is 5.67. The van der Waals surface area contributed by atoms with Gasteiger partial charge < -0.3 is 14.8 Å². The Hall–Kier alpha value is -3.07. The zero-order valence-corrected chi connectivity index (χ0v) is 14.9. The van der Waals surface area contributed by atoms with E-state index in [1.807, 2.05) is 30.3 Å². The monoisotopic (exact) mass is 363 g/mol. The average molecular weight is 363 g/mol. The molecule has 0 atom stereocenters. The summed E-state index contributed by atoms with van der Waals surface area (Å²) >= 11 is 0. The molecule has 1 amide bonds. The summed E-state index contributed by atoms with van der Waals surface area (Å²) in [6.07, 6.45) is 6.53. The van der Waals surface area contributed by atoms with Crippen LogP contribution in [-0.2, 0) is 11.3 Å². The van der Waals surface area contributed by atoms with E-state index >= 15 is 0 Å². The lowest BCUT2D eigenvalue weighted by atomic mass is 9.53. The molecule has 0 radical (unpaired) electrons. The third-order valence-corrected chi connectivity index (χ3v) is 5.39. The van der Waals surface area contributed by atoms with Crippen molar-refractivity contribution in [1.82, 2.24) is 10.3 Å². The molecule has 4 rings (SSSR count). The number of hydrogen-bond acceptors (Lipinski definition) is 5. The fraction of sp³-hybridized carbons (Fsp3) is 0.381. The summed E-state index contributed by atoms with van der Waals surface area (Å²) in [5.41, 5.74) is 1.74. The van der Waals surface area contributed by atoms with Gasteiger partial charge in [0.1, 0.15) is 23.5 Å². The van der Waals surface area contributed by atoms with E-state index in [-0.39, 0.29) is 23.7 Å². The van der Waals surface area contributed by atoms with Crippen LogP contribution in [0.4, 0.5) is 4.79 Å². The van der Waals surface area contributed by atoms with Crippen LogP contribution in [0.25, 0.3) is 0 Å². The van der Waals surface area contributed by atoms with Gasteiger partial charge in [-0.1, -0.05) is 30.3 Å². The predicted octanol–water partition coefficient (Wildman–Crippen LogP) is 3.57. The van der Waals surface area contributed by atoms with Gasteiger partial charge in [0, 0.05) is 18.9 Å². The maximum absolute atomic E-state index is 11.9. The first-order chi connectivity index (χ1) is 13.2. The SMILES string of the molecule is N#Cc1cnccc1OC1CC2(CC(OC(=O)NCc3ccccc3)C2)C1. The van der Waals surface area contributed by atoms with Gasteiger partial charge in [-0.15, -0.1) is 0 Å². The Labute approximate surface area is 158 Å². The van der Waals surface area contributed by atoms with Crippen LogP contribution in [0.2, 0.25) is 0 Å². The highest BCUT2D eigenvalue weighted by Crippen LogP contribution is 2.57. The van der Waals surface area contributed by atoms with Gasteiger partial charge in [-0.05, 0) is 42.7 Å². The van der Waals surface area contributed by atoms with Gasteiger partial charge in [0.2, 0.25) is 0 Å². The molecule has 1 N–H and O–H groups in total. The van der Waals surface area contributed by atoms with Gasteiger partial charge in [0.25, 0.3) is 0 Å². The van der Waals surface area contributed by atoms with Crippen molar-refractivity contribution in [2.24, 2.45) is 5.41 Å². The zero-order chi connectivity index (χ0) is 18.7. The van der Waals surface area contributed by atoms with Crippen LogP contribution >= 0.6 is 0 Å². The lowest BCUT2D eigenvalue weighted by molar-refractivity contribution is -0.133. The Morgan fingerprint density at radius 3 is 2.67 bits per heavy atom. The van der Waals surface area contributed by atoms with Gasteiger partial charge in [-0.2, -0.15) is 5.26 Å². The first kappa shape index (κ1) is 17.3. The number of carbonyl (C=O) groups is 1. The van der Waals surface area contributed by atoms with Crippen LogP contribution in [0.1, 0.15) is 36.8 Å². The van der Waals surface area contributed by atoms with E-state index in [4.69, 9.17) is 14.7 Å². The van der Waals surface area contributed by atoms with Crippen molar-refractivity contribution in [2.75, 3.05) is 0 Å². The molecule has 2 saturated carbocycles. The molecule has 0 saturated heterocycles. The fourth-order valence-corrected chi connectivity index (χ4v) is 4.02. The summed E-state index contributed by atoms with van der Waals surface area (Å²) in [7, 11) is 0. The number of amides is 1. The van der Waals surface area contributed by atoms with Crippen LogP contribution in [0, 0.1) is 16.7 Å². The quantitative estimate of drug-likeness (QED) is 0.878. The number of hydrogen-bond donors (Lipinski definition) is 1. The van der Waals surface area contributed by atoms with Gasteiger partial charge in [0.05, 0.1) is 6.10 Å². The number of nitrogens with zero attached hydrogens (tertiary/aromatic N) is 2. The van der Waals surface area contributed by atoms with Gasteiger partial charge in [-0.3, -0.25) is 4.98 Å². The molecule has 2 aliphatic rings. The van der Waals surface area contributed by atoms with E-state index in [9.17, 15) is 4.79 Å². The smallest absolute Gasteiger partial charge is 0.407 e. The minimum absolute atomic E-state index is 0.0164. The number of benzene rings is 1. The molecule has 2 aromatic rings. The third kappa shape index (κ3) is 3.87. The molecular weight excluding hydrogens is 342 g/mol. The molecule has 6 nitrogen and oxygen atoms in total. The van der Waals surface area contributed by atoms with Crippen molar-refractivity contribution in [3.8, 4) is 11.8 Å². The molecule has 2 fully saturated rings. The first-order valence-electron chi connectivity index (χ1n) is 9.15. The number of alkyl carbamates (subject to hydrolysis) is 1. The maximum Gasteiger partial charge on any atom is 0.407 e. The Balaban J connectivity index is 1.17. The molecule has 0 unspecified atom stereocenters. The number of pyridine rings is 1. The molecule has 1 aromatic carbocycles. The van der Waals surface area contributed by atoms with Gasteiger partial charge >= 0.3 is 6.09 Å².